The highest BCUT2D eigenvalue weighted by molar-refractivity contribution is 5.95. The van der Waals surface area contributed by atoms with Crippen LogP contribution in [0.4, 0.5) is 0 Å². The van der Waals surface area contributed by atoms with Crippen LogP contribution in [0.25, 0.3) is 11.1 Å². The number of nitrogens with zero attached hydrogens (tertiary/aromatic N) is 2. The zero-order chi connectivity index (χ0) is 10.8. The number of aromatic carboxylic acids is 1. The number of carbonyl (C=O) groups is 1. The average molecular weight is 205 g/mol. The minimum atomic E-state index is -0.935. The minimum absolute atomic E-state index is 0.269. The number of aryl methyl sites for hydroxylation is 1. The van der Waals surface area contributed by atoms with Crippen LogP contribution in [0.3, 0.4) is 0 Å². The summed E-state index contributed by atoms with van der Waals surface area (Å²) in [7, 11) is 0. The lowest BCUT2D eigenvalue weighted by molar-refractivity contribution is 0.0698. The van der Waals surface area contributed by atoms with E-state index in [2.05, 4.69) is 10.1 Å². The highest BCUT2D eigenvalue weighted by Gasteiger charge is 2.13. The van der Waals surface area contributed by atoms with Crippen LogP contribution in [-0.2, 0) is 6.54 Å². The second-order valence-electron chi connectivity index (χ2n) is 3.17. The minimum Gasteiger partial charge on any atom is -0.478 e. The predicted octanol–water partition coefficient (Wildman–Crippen LogP) is 1.60. The standard InChI is InChI=1S/C10H11N3O2/c1-2-13-6-7(3-12-13)8-4-11-5-9(8)10(14)15/h3-6,11H,2H2,1H3,(H,14,15). The molecule has 0 bridgehead atoms. The summed E-state index contributed by atoms with van der Waals surface area (Å²) >= 11 is 0. The summed E-state index contributed by atoms with van der Waals surface area (Å²) in [5, 5.41) is 13.0. The van der Waals surface area contributed by atoms with Gasteiger partial charge in [-0.15, -0.1) is 0 Å². The highest BCUT2D eigenvalue weighted by Crippen LogP contribution is 2.22. The quantitative estimate of drug-likeness (QED) is 0.799. The SMILES string of the molecule is CCn1cc(-c2c[nH]cc2C(=O)O)cn1. The molecule has 2 N–H and O–H groups in total. The van der Waals surface area contributed by atoms with Crippen LogP contribution in [0.15, 0.2) is 24.8 Å². The number of hydrogen-bond donors (Lipinski definition) is 2. The number of rotatable bonds is 3. The molecule has 0 spiro atoms. The maximum atomic E-state index is 10.9. The molecule has 78 valence electrons. The van der Waals surface area contributed by atoms with Crippen molar-refractivity contribution in [1.29, 1.82) is 0 Å². The molecule has 2 aromatic heterocycles. The van der Waals surface area contributed by atoms with E-state index >= 15 is 0 Å². The fourth-order valence-corrected chi connectivity index (χ4v) is 1.46. The molecule has 2 heterocycles. The van der Waals surface area contributed by atoms with Gasteiger partial charge in [0.25, 0.3) is 0 Å². The molecule has 0 radical (unpaired) electrons. The van der Waals surface area contributed by atoms with Crippen molar-refractivity contribution in [3.05, 3.63) is 30.4 Å². The summed E-state index contributed by atoms with van der Waals surface area (Å²) in [4.78, 5) is 13.7. The van der Waals surface area contributed by atoms with E-state index in [-0.39, 0.29) is 5.56 Å². The van der Waals surface area contributed by atoms with Gasteiger partial charge in [-0.1, -0.05) is 0 Å². The molecule has 2 rings (SSSR count). The van der Waals surface area contributed by atoms with Crippen LogP contribution in [0, 0.1) is 0 Å². The maximum Gasteiger partial charge on any atom is 0.337 e. The van der Waals surface area contributed by atoms with Gasteiger partial charge < -0.3 is 10.1 Å². The molecular weight excluding hydrogens is 194 g/mol. The van der Waals surface area contributed by atoms with Crippen LogP contribution in [0.2, 0.25) is 0 Å². The van der Waals surface area contributed by atoms with Crippen LogP contribution in [0.1, 0.15) is 17.3 Å². The third-order valence-corrected chi connectivity index (χ3v) is 2.24. The van der Waals surface area contributed by atoms with Crippen LogP contribution >= 0.6 is 0 Å². The van der Waals surface area contributed by atoms with E-state index in [0.29, 0.717) is 5.56 Å². The van der Waals surface area contributed by atoms with Gasteiger partial charge in [-0.25, -0.2) is 4.79 Å². The van der Waals surface area contributed by atoms with Gasteiger partial charge in [-0.05, 0) is 6.92 Å². The number of H-pyrrole nitrogens is 1. The summed E-state index contributed by atoms with van der Waals surface area (Å²) in [5.74, 6) is -0.935. The van der Waals surface area contributed by atoms with Crippen molar-refractivity contribution in [1.82, 2.24) is 14.8 Å². The van der Waals surface area contributed by atoms with Gasteiger partial charge in [-0.3, -0.25) is 4.68 Å². The highest BCUT2D eigenvalue weighted by atomic mass is 16.4. The lowest BCUT2D eigenvalue weighted by Gasteiger charge is -1.95. The monoisotopic (exact) mass is 205 g/mol. The van der Waals surface area contributed by atoms with Crippen molar-refractivity contribution in [2.45, 2.75) is 13.5 Å². The summed E-state index contributed by atoms with van der Waals surface area (Å²) in [6, 6.07) is 0. The zero-order valence-electron chi connectivity index (χ0n) is 8.27. The Morgan fingerprint density at radius 2 is 2.40 bits per heavy atom. The molecule has 5 nitrogen and oxygen atoms in total. The molecular formula is C10H11N3O2. The molecule has 2 aromatic rings. The first kappa shape index (κ1) is 9.51. The molecule has 0 aromatic carbocycles. The van der Waals surface area contributed by atoms with Crippen molar-refractivity contribution in [2.24, 2.45) is 0 Å². The number of nitrogens with one attached hydrogen (secondary N) is 1. The largest absolute Gasteiger partial charge is 0.478 e. The Hall–Kier alpha value is -2.04. The number of carboxylic acids is 1. The number of carboxylic acid groups (broad SMARTS) is 1. The van der Waals surface area contributed by atoms with E-state index in [1.54, 1.807) is 17.1 Å². The third kappa shape index (κ3) is 1.63. The average Bonchev–Trinajstić information content (AvgIpc) is 2.85. The van der Waals surface area contributed by atoms with Gasteiger partial charge in [0, 0.05) is 36.3 Å². The molecule has 0 unspecified atom stereocenters. The fraction of sp³-hybridized carbons (Fsp3) is 0.200. The lowest BCUT2D eigenvalue weighted by Crippen LogP contribution is -1.95. The number of aromatic nitrogens is 3. The van der Waals surface area contributed by atoms with Crippen LogP contribution < -0.4 is 0 Å². The van der Waals surface area contributed by atoms with Crippen LogP contribution in [0.5, 0.6) is 0 Å². The topological polar surface area (TPSA) is 70.9 Å². The number of hydrogen-bond acceptors (Lipinski definition) is 2. The summed E-state index contributed by atoms with van der Waals surface area (Å²) < 4.78 is 1.76. The Bertz CT molecular complexity index is 484. The Morgan fingerprint density at radius 1 is 1.60 bits per heavy atom. The fourth-order valence-electron chi connectivity index (χ4n) is 1.46. The van der Waals surface area contributed by atoms with E-state index in [4.69, 9.17) is 5.11 Å². The Kier molecular flexibility index (Phi) is 2.29. The van der Waals surface area contributed by atoms with Gasteiger partial charge in [0.1, 0.15) is 0 Å². The van der Waals surface area contributed by atoms with Crippen molar-refractivity contribution in [2.75, 3.05) is 0 Å². The van der Waals surface area contributed by atoms with Gasteiger partial charge in [-0.2, -0.15) is 5.10 Å². The smallest absolute Gasteiger partial charge is 0.337 e. The molecule has 15 heavy (non-hydrogen) atoms. The van der Waals surface area contributed by atoms with E-state index in [0.717, 1.165) is 12.1 Å². The molecule has 0 aliphatic rings. The molecule has 0 aliphatic heterocycles. The maximum absolute atomic E-state index is 10.9. The Labute approximate surface area is 86.4 Å². The molecule has 0 amide bonds. The summed E-state index contributed by atoms with van der Waals surface area (Å²) in [6.07, 6.45) is 6.64. The second-order valence-corrected chi connectivity index (χ2v) is 3.17. The zero-order valence-corrected chi connectivity index (χ0v) is 8.27. The predicted molar refractivity (Wildman–Crippen MR) is 54.6 cm³/mol. The van der Waals surface area contributed by atoms with Gasteiger partial charge in [0.05, 0.1) is 11.8 Å². The second kappa shape index (κ2) is 3.61. The van der Waals surface area contributed by atoms with Crippen molar-refractivity contribution in [3.63, 3.8) is 0 Å². The number of aromatic amines is 1. The van der Waals surface area contributed by atoms with Gasteiger partial charge in [0.15, 0.2) is 0 Å². The van der Waals surface area contributed by atoms with E-state index < -0.39 is 5.97 Å². The van der Waals surface area contributed by atoms with Crippen molar-refractivity contribution in [3.8, 4) is 11.1 Å². The molecule has 0 saturated heterocycles. The summed E-state index contributed by atoms with van der Waals surface area (Å²) in [6.45, 7) is 2.75. The van der Waals surface area contributed by atoms with Crippen LogP contribution in [-0.4, -0.2) is 25.8 Å². The first-order valence-electron chi connectivity index (χ1n) is 4.65. The van der Waals surface area contributed by atoms with Gasteiger partial charge >= 0.3 is 5.97 Å². The molecule has 0 saturated carbocycles. The summed E-state index contributed by atoms with van der Waals surface area (Å²) in [5.41, 5.74) is 1.75. The Morgan fingerprint density at radius 3 is 3.00 bits per heavy atom. The first-order valence-corrected chi connectivity index (χ1v) is 4.65. The molecule has 0 aliphatic carbocycles. The van der Waals surface area contributed by atoms with E-state index in [1.807, 2.05) is 13.1 Å². The van der Waals surface area contributed by atoms with Gasteiger partial charge in [0.2, 0.25) is 0 Å². The van der Waals surface area contributed by atoms with Crippen molar-refractivity contribution < 1.29 is 9.90 Å². The third-order valence-electron chi connectivity index (χ3n) is 2.24. The Balaban J connectivity index is 2.44. The van der Waals surface area contributed by atoms with Crippen molar-refractivity contribution >= 4 is 5.97 Å². The molecule has 5 heteroatoms. The normalized spacial score (nSPS) is 10.5. The first-order chi connectivity index (χ1) is 7.22. The lowest BCUT2D eigenvalue weighted by atomic mass is 10.1. The van der Waals surface area contributed by atoms with E-state index in [1.165, 1.54) is 6.20 Å². The molecule has 0 atom stereocenters. The molecule has 0 fully saturated rings. The van der Waals surface area contributed by atoms with E-state index in [9.17, 15) is 4.79 Å².